The second-order valence-corrected chi connectivity index (χ2v) is 6.73. The van der Waals surface area contributed by atoms with Crippen LogP contribution in [0.3, 0.4) is 0 Å². The number of benzene rings is 2. The summed E-state index contributed by atoms with van der Waals surface area (Å²) in [4.78, 5) is 14.8. The fourth-order valence-corrected chi connectivity index (χ4v) is 2.24. The number of aliphatic hydroxyl groups is 1. The normalized spacial score (nSPS) is 12.2. The van der Waals surface area contributed by atoms with E-state index in [9.17, 15) is 9.90 Å². The van der Waals surface area contributed by atoms with E-state index >= 15 is 0 Å². The van der Waals surface area contributed by atoms with Gasteiger partial charge in [-0.15, -0.1) is 0 Å². The minimum Gasteiger partial charge on any atom is -0.461 e. The average molecular weight is 327 g/mol. The third kappa shape index (κ3) is 3.66. The zero-order chi connectivity index (χ0) is 17.8. The number of ether oxygens (including phenoxy) is 1. The van der Waals surface area contributed by atoms with Gasteiger partial charge in [0.1, 0.15) is 6.61 Å². The van der Waals surface area contributed by atoms with Crippen molar-refractivity contribution in [3.63, 3.8) is 0 Å². The molecular weight excluding hydrogens is 302 g/mol. The second-order valence-electron chi connectivity index (χ2n) is 6.73. The van der Waals surface area contributed by atoms with Gasteiger partial charge in [0.25, 0.3) is 0 Å². The van der Waals surface area contributed by atoms with Crippen molar-refractivity contribution in [3.05, 3.63) is 71.8 Å². The van der Waals surface area contributed by atoms with Gasteiger partial charge in [0, 0.05) is 5.54 Å². The van der Waals surface area contributed by atoms with E-state index in [1.165, 1.54) is 0 Å². The quantitative estimate of drug-likeness (QED) is 0.829. The molecule has 1 N–H and O–H groups in total. The Hall–Kier alpha value is -2.17. The maximum absolute atomic E-state index is 12.8. The van der Waals surface area contributed by atoms with Crippen LogP contribution in [0.2, 0.25) is 0 Å². The summed E-state index contributed by atoms with van der Waals surface area (Å²) in [5.41, 5.74) is -1.18. The molecular formula is C20H25NO3. The Morgan fingerprint density at radius 3 is 1.75 bits per heavy atom. The van der Waals surface area contributed by atoms with Crippen LogP contribution < -0.4 is 0 Å². The molecule has 0 amide bonds. The van der Waals surface area contributed by atoms with E-state index < -0.39 is 11.6 Å². The molecule has 2 aromatic carbocycles. The van der Waals surface area contributed by atoms with Gasteiger partial charge in [-0.1, -0.05) is 60.7 Å². The molecule has 0 fully saturated rings. The van der Waals surface area contributed by atoms with Crippen LogP contribution in [0.4, 0.5) is 0 Å². The Morgan fingerprint density at radius 2 is 1.38 bits per heavy atom. The van der Waals surface area contributed by atoms with Crippen LogP contribution in [-0.2, 0) is 15.1 Å². The highest BCUT2D eigenvalue weighted by Crippen LogP contribution is 2.31. The predicted octanol–water partition coefficient (Wildman–Crippen LogP) is 2.81. The number of esters is 1. The number of carbonyl (C=O) groups is 1. The minimum atomic E-state index is -1.83. The van der Waals surface area contributed by atoms with E-state index in [0.29, 0.717) is 11.1 Å². The third-order valence-corrected chi connectivity index (χ3v) is 4.45. The van der Waals surface area contributed by atoms with Gasteiger partial charge in [-0.2, -0.15) is 0 Å². The van der Waals surface area contributed by atoms with Gasteiger partial charge in [-0.3, -0.25) is 0 Å². The van der Waals surface area contributed by atoms with Crippen LogP contribution in [-0.4, -0.2) is 42.2 Å². The second kappa shape index (κ2) is 7.16. The lowest BCUT2D eigenvalue weighted by Gasteiger charge is -2.34. The van der Waals surface area contributed by atoms with Crippen molar-refractivity contribution in [2.45, 2.75) is 25.0 Å². The summed E-state index contributed by atoms with van der Waals surface area (Å²) in [5, 5.41) is 11.3. The molecule has 2 aromatic rings. The molecule has 24 heavy (non-hydrogen) atoms. The number of carbonyl (C=O) groups excluding carboxylic acids is 1. The van der Waals surface area contributed by atoms with E-state index in [0.717, 1.165) is 0 Å². The molecule has 0 heterocycles. The summed E-state index contributed by atoms with van der Waals surface area (Å²) in [6, 6.07) is 17.8. The van der Waals surface area contributed by atoms with Gasteiger partial charge < -0.3 is 14.7 Å². The molecule has 0 aromatic heterocycles. The van der Waals surface area contributed by atoms with Gasteiger partial charge in [0.05, 0.1) is 0 Å². The third-order valence-electron chi connectivity index (χ3n) is 4.45. The first-order valence-corrected chi connectivity index (χ1v) is 7.96. The lowest BCUT2D eigenvalue weighted by atomic mass is 9.86. The summed E-state index contributed by atoms with van der Waals surface area (Å²) >= 11 is 0. The zero-order valence-electron chi connectivity index (χ0n) is 14.7. The number of rotatable bonds is 6. The Kier molecular flexibility index (Phi) is 5.42. The average Bonchev–Trinajstić information content (AvgIpc) is 2.60. The minimum absolute atomic E-state index is 0.181. The lowest BCUT2D eigenvalue weighted by molar-refractivity contribution is -0.165. The van der Waals surface area contributed by atoms with E-state index in [1.54, 1.807) is 48.5 Å². The summed E-state index contributed by atoms with van der Waals surface area (Å²) in [5.74, 6) is -0.671. The summed E-state index contributed by atoms with van der Waals surface area (Å²) in [6.45, 7) is 4.13. The van der Waals surface area contributed by atoms with E-state index in [2.05, 4.69) is 0 Å². The maximum Gasteiger partial charge on any atom is 0.347 e. The molecule has 4 heteroatoms. The first-order valence-electron chi connectivity index (χ1n) is 7.96. The molecule has 4 nitrogen and oxygen atoms in total. The van der Waals surface area contributed by atoms with Gasteiger partial charge >= 0.3 is 5.97 Å². The molecule has 0 aliphatic heterocycles. The van der Waals surface area contributed by atoms with Crippen LogP contribution in [0, 0.1) is 0 Å². The summed E-state index contributed by atoms with van der Waals surface area (Å²) < 4.78 is 5.51. The van der Waals surface area contributed by atoms with Gasteiger partial charge in [-0.05, 0) is 39.1 Å². The molecule has 0 unspecified atom stereocenters. The van der Waals surface area contributed by atoms with E-state index in [4.69, 9.17) is 4.74 Å². The fraction of sp³-hybridized carbons (Fsp3) is 0.350. The number of likely N-dealkylation sites (N-methyl/N-ethyl adjacent to an activating group) is 1. The van der Waals surface area contributed by atoms with Crippen LogP contribution in [0.1, 0.15) is 25.0 Å². The first-order chi connectivity index (χ1) is 11.3. The summed E-state index contributed by atoms with van der Waals surface area (Å²) in [6.07, 6.45) is 0. The van der Waals surface area contributed by atoms with Crippen molar-refractivity contribution >= 4 is 5.97 Å². The molecule has 0 saturated heterocycles. The number of hydrogen-bond acceptors (Lipinski definition) is 4. The molecule has 0 aliphatic rings. The molecule has 2 rings (SSSR count). The highest BCUT2D eigenvalue weighted by atomic mass is 16.6. The van der Waals surface area contributed by atoms with Gasteiger partial charge in [-0.25, -0.2) is 4.79 Å². The van der Waals surface area contributed by atoms with Crippen LogP contribution >= 0.6 is 0 Å². The van der Waals surface area contributed by atoms with Gasteiger partial charge in [0.15, 0.2) is 0 Å². The lowest BCUT2D eigenvalue weighted by Crippen LogP contribution is -2.46. The van der Waals surface area contributed by atoms with Crippen molar-refractivity contribution in [1.29, 1.82) is 0 Å². The Labute approximate surface area is 143 Å². The molecule has 0 atom stereocenters. The van der Waals surface area contributed by atoms with Crippen molar-refractivity contribution in [1.82, 2.24) is 4.90 Å². The molecule has 0 bridgehead atoms. The number of hydrogen-bond donors (Lipinski definition) is 1. The van der Waals surface area contributed by atoms with Crippen LogP contribution in [0.5, 0.6) is 0 Å². The smallest absolute Gasteiger partial charge is 0.347 e. The van der Waals surface area contributed by atoms with Crippen LogP contribution in [0.25, 0.3) is 0 Å². The topological polar surface area (TPSA) is 49.8 Å². The monoisotopic (exact) mass is 327 g/mol. The highest BCUT2D eigenvalue weighted by molar-refractivity contribution is 5.85. The zero-order valence-corrected chi connectivity index (χ0v) is 14.7. The van der Waals surface area contributed by atoms with Gasteiger partial charge in [0.2, 0.25) is 5.60 Å². The first kappa shape index (κ1) is 18.2. The Balaban J connectivity index is 2.36. The number of nitrogens with zero attached hydrogens (tertiary/aromatic N) is 1. The van der Waals surface area contributed by atoms with Crippen molar-refractivity contribution in [2.24, 2.45) is 0 Å². The largest absolute Gasteiger partial charge is 0.461 e. The van der Waals surface area contributed by atoms with E-state index in [-0.39, 0.29) is 12.1 Å². The van der Waals surface area contributed by atoms with Crippen molar-refractivity contribution in [2.75, 3.05) is 20.7 Å². The Bertz CT molecular complexity index is 626. The molecule has 0 aliphatic carbocycles. The van der Waals surface area contributed by atoms with Crippen molar-refractivity contribution in [3.8, 4) is 0 Å². The van der Waals surface area contributed by atoms with Crippen molar-refractivity contribution < 1.29 is 14.6 Å². The highest BCUT2D eigenvalue weighted by Gasteiger charge is 2.42. The molecule has 0 saturated carbocycles. The fourth-order valence-electron chi connectivity index (χ4n) is 2.24. The summed E-state index contributed by atoms with van der Waals surface area (Å²) in [7, 11) is 3.85. The molecule has 0 radical (unpaired) electrons. The molecule has 0 spiro atoms. The molecule has 128 valence electrons. The maximum atomic E-state index is 12.8. The van der Waals surface area contributed by atoms with E-state index in [1.807, 2.05) is 45.0 Å². The standard InChI is InChI=1S/C20H25NO3/c1-19(2,21(3)4)15-24-18(22)20(23,16-11-7-5-8-12-16)17-13-9-6-10-14-17/h5-14,23H,15H2,1-4H3. The Morgan fingerprint density at radius 1 is 0.958 bits per heavy atom. The SMILES string of the molecule is CN(C)C(C)(C)COC(=O)C(O)(c1ccccc1)c1ccccc1. The van der Waals surface area contributed by atoms with Crippen LogP contribution in [0.15, 0.2) is 60.7 Å². The predicted molar refractivity (Wildman–Crippen MR) is 94.6 cm³/mol.